The Bertz CT molecular complexity index is 421. The van der Waals surface area contributed by atoms with Gasteiger partial charge in [-0.15, -0.1) is 0 Å². The molecule has 0 saturated carbocycles. The number of nitrogens with one attached hydrogen (secondary N) is 1. The third-order valence-corrected chi connectivity index (χ3v) is 2.79. The highest BCUT2D eigenvalue weighted by Gasteiger charge is 2.08. The van der Waals surface area contributed by atoms with Crippen molar-refractivity contribution < 1.29 is 9.53 Å². The second-order valence-electron chi connectivity index (χ2n) is 5.12. The largest absolute Gasteiger partial charge is 0.492 e. The SMILES string of the molecule is CC(C)NC(=O)CN(C)CCOc1ccccc1CN. The Morgan fingerprint density at radius 3 is 2.75 bits per heavy atom. The highest BCUT2D eigenvalue weighted by molar-refractivity contribution is 5.78. The van der Waals surface area contributed by atoms with Crippen molar-refractivity contribution in [1.82, 2.24) is 10.2 Å². The van der Waals surface area contributed by atoms with E-state index >= 15 is 0 Å². The van der Waals surface area contributed by atoms with Crippen LogP contribution in [0.3, 0.4) is 0 Å². The minimum atomic E-state index is 0.0323. The molecule has 1 aromatic rings. The number of nitrogens with two attached hydrogens (primary N) is 1. The maximum Gasteiger partial charge on any atom is 0.234 e. The molecular formula is C15H25N3O2. The lowest BCUT2D eigenvalue weighted by molar-refractivity contribution is -0.122. The molecular weight excluding hydrogens is 254 g/mol. The summed E-state index contributed by atoms with van der Waals surface area (Å²) in [5.41, 5.74) is 6.64. The molecule has 1 rings (SSSR count). The third kappa shape index (κ3) is 6.04. The number of rotatable bonds is 8. The van der Waals surface area contributed by atoms with Crippen molar-refractivity contribution in [2.75, 3.05) is 26.7 Å². The number of nitrogens with zero attached hydrogens (tertiary/aromatic N) is 1. The van der Waals surface area contributed by atoms with Crippen molar-refractivity contribution in [1.29, 1.82) is 0 Å². The monoisotopic (exact) mass is 279 g/mol. The summed E-state index contributed by atoms with van der Waals surface area (Å²) in [5, 5.41) is 2.86. The Morgan fingerprint density at radius 1 is 1.40 bits per heavy atom. The molecule has 0 aliphatic carbocycles. The van der Waals surface area contributed by atoms with E-state index in [0.717, 1.165) is 11.3 Å². The third-order valence-electron chi connectivity index (χ3n) is 2.79. The summed E-state index contributed by atoms with van der Waals surface area (Å²) < 4.78 is 5.71. The van der Waals surface area contributed by atoms with Crippen LogP contribution >= 0.6 is 0 Å². The molecule has 20 heavy (non-hydrogen) atoms. The second-order valence-corrected chi connectivity index (χ2v) is 5.12. The zero-order valence-electron chi connectivity index (χ0n) is 12.6. The summed E-state index contributed by atoms with van der Waals surface area (Å²) in [6.07, 6.45) is 0. The first-order valence-electron chi connectivity index (χ1n) is 6.91. The number of para-hydroxylation sites is 1. The molecule has 0 aromatic heterocycles. The molecule has 0 radical (unpaired) electrons. The van der Waals surface area contributed by atoms with E-state index in [9.17, 15) is 4.79 Å². The smallest absolute Gasteiger partial charge is 0.234 e. The van der Waals surface area contributed by atoms with Gasteiger partial charge in [0.1, 0.15) is 12.4 Å². The van der Waals surface area contributed by atoms with Crippen LogP contribution in [0.25, 0.3) is 0 Å². The van der Waals surface area contributed by atoms with Gasteiger partial charge in [0.15, 0.2) is 0 Å². The number of benzene rings is 1. The lowest BCUT2D eigenvalue weighted by Crippen LogP contribution is -2.39. The van der Waals surface area contributed by atoms with Crippen molar-refractivity contribution in [3.05, 3.63) is 29.8 Å². The van der Waals surface area contributed by atoms with E-state index in [1.54, 1.807) is 0 Å². The van der Waals surface area contributed by atoms with E-state index in [2.05, 4.69) is 5.32 Å². The summed E-state index contributed by atoms with van der Waals surface area (Å²) >= 11 is 0. The Hall–Kier alpha value is -1.59. The number of hydrogen-bond acceptors (Lipinski definition) is 4. The van der Waals surface area contributed by atoms with Gasteiger partial charge >= 0.3 is 0 Å². The van der Waals surface area contributed by atoms with Crippen LogP contribution in [0.2, 0.25) is 0 Å². The van der Waals surface area contributed by atoms with Gasteiger partial charge in [-0.25, -0.2) is 0 Å². The van der Waals surface area contributed by atoms with Gasteiger partial charge < -0.3 is 15.8 Å². The van der Waals surface area contributed by atoms with Crippen LogP contribution in [-0.2, 0) is 11.3 Å². The fourth-order valence-corrected chi connectivity index (χ4v) is 1.82. The van der Waals surface area contributed by atoms with Crippen molar-refractivity contribution in [3.8, 4) is 5.75 Å². The molecule has 3 N–H and O–H groups in total. The fourth-order valence-electron chi connectivity index (χ4n) is 1.82. The van der Waals surface area contributed by atoms with Gasteiger partial charge in [-0.05, 0) is 27.0 Å². The summed E-state index contributed by atoms with van der Waals surface area (Å²) in [6, 6.07) is 7.90. The highest BCUT2D eigenvalue weighted by Crippen LogP contribution is 2.16. The summed E-state index contributed by atoms with van der Waals surface area (Å²) in [5.74, 6) is 0.847. The molecule has 0 saturated heterocycles. The van der Waals surface area contributed by atoms with Crippen LogP contribution in [0.15, 0.2) is 24.3 Å². The first kappa shape index (κ1) is 16.5. The quantitative estimate of drug-likeness (QED) is 0.744. The van der Waals surface area contributed by atoms with E-state index in [-0.39, 0.29) is 11.9 Å². The van der Waals surface area contributed by atoms with Crippen LogP contribution in [-0.4, -0.2) is 43.6 Å². The van der Waals surface area contributed by atoms with Gasteiger partial charge in [0.05, 0.1) is 6.54 Å². The number of amides is 1. The summed E-state index contributed by atoms with van der Waals surface area (Å²) in [6.45, 7) is 5.95. The number of hydrogen-bond donors (Lipinski definition) is 2. The average molecular weight is 279 g/mol. The fraction of sp³-hybridized carbons (Fsp3) is 0.533. The molecule has 1 aromatic carbocycles. The molecule has 0 aliphatic rings. The first-order valence-corrected chi connectivity index (χ1v) is 6.91. The first-order chi connectivity index (χ1) is 9.52. The van der Waals surface area contributed by atoms with Crippen molar-refractivity contribution >= 4 is 5.91 Å². The highest BCUT2D eigenvalue weighted by atomic mass is 16.5. The van der Waals surface area contributed by atoms with Gasteiger partial charge in [0, 0.05) is 24.7 Å². The number of carbonyl (C=O) groups excluding carboxylic acids is 1. The van der Waals surface area contributed by atoms with Crippen LogP contribution < -0.4 is 15.8 Å². The number of carbonyl (C=O) groups is 1. The van der Waals surface area contributed by atoms with Gasteiger partial charge in [0.25, 0.3) is 0 Å². The van der Waals surface area contributed by atoms with Crippen molar-refractivity contribution in [2.45, 2.75) is 26.4 Å². The standard InChI is InChI=1S/C15H25N3O2/c1-12(2)17-15(19)11-18(3)8-9-20-14-7-5-4-6-13(14)10-16/h4-7,12H,8-11,16H2,1-3H3,(H,17,19). The molecule has 0 unspecified atom stereocenters. The molecule has 0 aliphatic heterocycles. The minimum Gasteiger partial charge on any atom is -0.492 e. The second kappa shape index (κ2) is 8.55. The van der Waals surface area contributed by atoms with Crippen LogP contribution in [0.1, 0.15) is 19.4 Å². The van der Waals surface area contributed by atoms with Crippen molar-refractivity contribution in [3.63, 3.8) is 0 Å². The van der Waals surface area contributed by atoms with E-state index in [4.69, 9.17) is 10.5 Å². The van der Waals surface area contributed by atoms with Gasteiger partial charge in [-0.1, -0.05) is 18.2 Å². The molecule has 0 heterocycles. The van der Waals surface area contributed by atoms with E-state index in [1.807, 2.05) is 50.1 Å². The van der Waals surface area contributed by atoms with E-state index in [1.165, 1.54) is 0 Å². The molecule has 5 heteroatoms. The molecule has 0 atom stereocenters. The Labute approximate surface area is 121 Å². The molecule has 112 valence electrons. The van der Waals surface area contributed by atoms with Crippen LogP contribution in [0.5, 0.6) is 5.75 Å². The Kier molecular flexibility index (Phi) is 7.04. The molecule has 5 nitrogen and oxygen atoms in total. The van der Waals surface area contributed by atoms with E-state index < -0.39 is 0 Å². The Balaban J connectivity index is 2.31. The lowest BCUT2D eigenvalue weighted by Gasteiger charge is -2.18. The Morgan fingerprint density at radius 2 is 2.10 bits per heavy atom. The molecule has 1 amide bonds. The predicted molar refractivity (Wildman–Crippen MR) is 80.6 cm³/mol. The van der Waals surface area contributed by atoms with E-state index in [0.29, 0.717) is 26.2 Å². The number of ether oxygens (including phenoxy) is 1. The predicted octanol–water partition coefficient (Wildman–Crippen LogP) is 0.980. The van der Waals surface area contributed by atoms with Gasteiger partial charge in [-0.2, -0.15) is 0 Å². The van der Waals surface area contributed by atoms with Crippen molar-refractivity contribution in [2.24, 2.45) is 5.73 Å². The summed E-state index contributed by atoms with van der Waals surface area (Å²) in [7, 11) is 1.90. The number of likely N-dealkylation sites (N-methyl/N-ethyl adjacent to an activating group) is 1. The minimum absolute atomic E-state index is 0.0323. The summed E-state index contributed by atoms with van der Waals surface area (Å²) in [4.78, 5) is 13.5. The molecule has 0 spiro atoms. The molecule has 0 bridgehead atoms. The van der Waals surface area contributed by atoms with Gasteiger partial charge in [-0.3, -0.25) is 9.69 Å². The normalized spacial score (nSPS) is 10.9. The maximum absolute atomic E-state index is 11.6. The van der Waals surface area contributed by atoms with Crippen LogP contribution in [0.4, 0.5) is 0 Å². The van der Waals surface area contributed by atoms with Crippen LogP contribution in [0, 0.1) is 0 Å². The average Bonchev–Trinajstić information content (AvgIpc) is 2.38. The van der Waals surface area contributed by atoms with Gasteiger partial charge in [0.2, 0.25) is 5.91 Å². The maximum atomic E-state index is 11.6. The lowest BCUT2D eigenvalue weighted by atomic mass is 10.2. The topological polar surface area (TPSA) is 67.6 Å². The zero-order valence-corrected chi connectivity index (χ0v) is 12.6. The zero-order chi connectivity index (χ0) is 15.0. The molecule has 0 fully saturated rings.